The van der Waals surface area contributed by atoms with Crippen LogP contribution in [0.5, 0.6) is 5.75 Å². The number of benzene rings is 1. The summed E-state index contributed by atoms with van der Waals surface area (Å²) in [5.74, 6) is 0.648. The minimum Gasteiger partial charge on any atom is -0.486 e. The second-order valence-corrected chi connectivity index (χ2v) is 5.56. The minimum absolute atomic E-state index is 0.0386. The Morgan fingerprint density at radius 2 is 2.05 bits per heavy atom. The van der Waals surface area contributed by atoms with Crippen molar-refractivity contribution in [1.29, 1.82) is 0 Å². The molecular weight excluding hydrogens is 274 g/mol. The van der Waals surface area contributed by atoms with Crippen LogP contribution in [-0.2, 0) is 6.61 Å². The van der Waals surface area contributed by atoms with E-state index in [0.717, 1.165) is 11.3 Å². The summed E-state index contributed by atoms with van der Waals surface area (Å²) in [6.45, 7) is 6.49. The van der Waals surface area contributed by atoms with Gasteiger partial charge in [0, 0.05) is 18.3 Å². The Morgan fingerprint density at radius 1 is 1.30 bits per heavy atom. The van der Waals surface area contributed by atoms with E-state index in [9.17, 15) is 0 Å². The number of aromatic nitrogens is 2. The van der Waals surface area contributed by atoms with Crippen LogP contribution in [0.3, 0.4) is 0 Å². The predicted molar refractivity (Wildman–Crippen MR) is 81.0 cm³/mol. The predicted octanol–water partition coefficient (Wildman–Crippen LogP) is 3.72. The molecule has 0 bridgehead atoms. The van der Waals surface area contributed by atoms with Gasteiger partial charge in [-0.1, -0.05) is 17.7 Å². The molecule has 0 radical (unpaired) electrons. The lowest BCUT2D eigenvalue weighted by Crippen LogP contribution is -2.05. The smallest absolute Gasteiger partial charge is 0.138 e. The van der Waals surface area contributed by atoms with E-state index in [2.05, 4.69) is 18.9 Å². The van der Waals surface area contributed by atoms with E-state index in [1.807, 2.05) is 42.1 Å². The van der Waals surface area contributed by atoms with Crippen molar-refractivity contribution in [3.05, 3.63) is 46.7 Å². The van der Waals surface area contributed by atoms with Crippen molar-refractivity contribution in [1.82, 2.24) is 9.78 Å². The molecule has 0 aliphatic rings. The molecular formula is C15H20ClN3O. The van der Waals surface area contributed by atoms with Gasteiger partial charge >= 0.3 is 0 Å². The van der Waals surface area contributed by atoms with Gasteiger partial charge < -0.3 is 10.5 Å². The number of ether oxygens (including phenoxy) is 1. The normalized spacial score (nSPS) is 12.7. The van der Waals surface area contributed by atoms with E-state index in [-0.39, 0.29) is 6.04 Å². The standard InChI is InChI=1S/C15H20ClN3O/c1-10(2)19-7-6-13(18-19)9-20-15-5-4-12(11(3)17)8-14(15)16/h4-8,10-11H,9,17H2,1-3H3. The van der Waals surface area contributed by atoms with Gasteiger partial charge in [-0.2, -0.15) is 5.10 Å². The fraction of sp³-hybridized carbons (Fsp3) is 0.400. The zero-order valence-corrected chi connectivity index (χ0v) is 12.8. The highest BCUT2D eigenvalue weighted by molar-refractivity contribution is 6.32. The second-order valence-electron chi connectivity index (χ2n) is 5.15. The summed E-state index contributed by atoms with van der Waals surface area (Å²) in [6, 6.07) is 7.87. The number of nitrogens with zero attached hydrogens (tertiary/aromatic N) is 2. The van der Waals surface area contributed by atoms with Gasteiger partial charge in [0.25, 0.3) is 0 Å². The summed E-state index contributed by atoms with van der Waals surface area (Å²) in [6.07, 6.45) is 1.95. The number of rotatable bonds is 5. The molecule has 1 aromatic carbocycles. The van der Waals surface area contributed by atoms with Crippen molar-refractivity contribution in [2.24, 2.45) is 5.73 Å². The Labute approximate surface area is 124 Å². The van der Waals surface area contributed by atoms with Crippen molar-refractivity contribution in [2.75, 3.05) is 0 Å². The molecule has 1 unspecified atom stereocenters. The monoisotopic (exact) mass is 293 g/mol. The Kier molecular flexibility index (Phi) is 4.68. The lowest BCUT2D eigenvalue weighted by atomic mass is 10.1. The maximum absolute atomic E-state index is 6.19. The Hall–Kier alpha value is -1.52. The van der Waals surface area contributed by atoms with E-state index in [4.69, 9.17) is 22.1 Å². The third-order valence-corrected chi connectivity index (χ3v) is 3.35. The first-order valence-corrected chi connectivity index (χ1v) is 7.07. The first-order valence-electron chi connectivity index (χ1n) is 6.69. The highest BCUT2D eigenvalue weighted by Crippen LogP contribution is 2.27. The van der Waals surface area contributed by atoms with Gasteiger partial charge in [-0.05, 0) is 44.5 Å². The van der Waals surface area contributed by atoms with Gasteiger partial charge in [-0.15, -0.1) is 0 Å². The third kappa shape index (κ3) is 3.52. The van der Waals surface area contributed by atoms with Crippen LogP contribution in [0.15, 0.2) is 30.5 Å². The molecule has 20 heavy (non-hydrogen) atoms. The number of hydrogen-bond acceptors (Lipinski definition) is 3. The third-order valence-electron chi connectivity index (χ3n) is 3.05. The summed E-state index contributed by atoms with van der Waals surface area (Å²) in [4.78, 5) is 0. The maximum atomic E-state index is 6.19. The fourth-order valence-corrected chi connectivity index (χ4v) is 2.05. The molecule has 0 saturated heterocycles. The van der Waals surface area contributed by atoms with Crippen molar-refractivity contribution < 1.29 is 4.74 Å². The summed E-state index contributed by atoms with van der Waals surface area (Å²) in [7, 11) is 0. The first kappa shape index (κ1) is 14.9. The molecule has 0 aliphatic heterocycles. The summed E-state index contributed by atoms with van der Waals surface area (Å²) >= 11 is 6.19. The molecule has 0 saturated carbocycles. The van der Waals surface area contributed by atoms with Crippen LogP contribution in [0.2, 0.25) is 5.02 Å². The zero-order valence-electron chi connectivity index (χ0n) is 12.0. The van der Waals surface area contributed by atoms with Gasteiger partial charge in [0.05, 0.1) is 10.7 Å². The van der Waals surface area contributed by atoms with Crippen LogP contribution >= 0.6 is 11.6 Å². The average Bonchev–Trinajstić information content (AvgIpc) is 2.86. The molecule has 0 fully saturated rings. The highest BCUT2D eigenvalue weighted by atomic mass is 35.5. The maximum Gasteiger partial charge on any atom is 0.138 e. The molecule has 2 rings (SSSR count). The molecule has 1 aromatic heterocycles. The van der Waals surface area contributed by atoms with Crippen LogP contribution in [0.1, 0.15) is 44.1 Å². The summed E-state index contributed by atoms with van der Waals surface area (Å²) in [5, 5.41) is 5.00. The van der Waals surface area contributed by atoms with E-state index in [1.165, 1.54) is 0 Å². The molecule has 1 atom stereocenters. The van der Waals surface area contributed by atoms with Crippen LogP contribution in [0.25, 0.3) is 0 Å². The first-order chi connectivity index (χ1) is 9.47. The lowest BCUT2D eigenvalue weighted by Gasteiger charge is -2.10. The van der Waals surface area contributed by atoms with Crippen molar-refractivity contribution in [2.45, 2.75) is 39.5 Å². The van der Waals surface area contributed by atoms with E-state index in [0.29, 0.717) is 23.4 Å². The van der Waals surface area contributed by atoms with Gasteiger partial charge in [0.1, 0.15) is 12.4 Å². The molecule has 0 spiro atoms. The minimum atomic E-state index is -0.0386. The van der Waals surface area contributed by atoms with E-state index in [1.54, 1.807) is 0 Å². The number of halogens is 1. The molecule has 0 amide bonds. The topological polar surface area (TPSA) is 53.1 Å². The largest absolute Gasteiger partial charge is 0.486 e. The molecule has 0 aliphatic carbocycles. The Balaban J connectivity index is 2.03. The summed E-state index contributed by atoms with van der Waals surface area (Å²) < 4.78 is 7.60. The number of hydrogen-bond donors (Lipinski definition) is 1. The average molecular weight is 294 g/mol. The van der Waals surface area contributed by atoms with Crippen molar-refractivity contribution in [3.63, 3.8) is 0 Å². The van der Waals surface area contributed by atoms with Crippen molar-refractivity contribution >= 4 is 11.6 Å². The quantitative estimate of drug-likeness (QED) is 0.914. The van der Waals surface area contributed by atoms with Gasteiger partial charge in [-0.3, -0.25) is 4.68 Å². The Morgan fingerprint density at radius 3 is 2.60 bits per heavy atom. The van der Waals surface area contributed by atoms with Crippen LogP contribution < -0.4 is 10.5 Å². The fourth-order valence-electron chi connectivity index (χ4n) is 1.81. The zero-order chi connectivity index (χ0) is 14.7. The van der Waals surface area contributed by atoms with Gasteiger partial charge in [0.15, 0.2) is 0 Å². The molecule has 1 heterocycles. The van der Waals surface area contributed by atoms with Crippen LogP contribution in [-0.4, -0.2) is 9.78 Å². The molecule has 108 valence electrons. The van der Waals surface area contributed by atoms with Gasteiger partial charge in [0.2, 0.25) is 0 Å². The van der Waals surface area contributed by atoms with Crippen LogP contribution in [0, 0.1) is 0 Å². The van der Waals surface area contributed by atoms with Gasteiger partial charge in [-0.25, -0.2) is 0 Å². The molecule has 2 N–H and O–H groups in total. The number of nitrogens with two attached hydrogens (primary N) is 1. The van der Waals surface area contributed by atoms with E-state index >= 15 is 0 Å². The SMILES string of the molecule is CC(N)c1ccc(OCc2ccn(C(C)C)n2)c(Cl)c1. The van der Waals surface area contributed by atoms with E-state index < -0.39 is 0 Å². The Bertz CT molecular complexity index is 578. The van der Waals surface area contributed by atoms with Crippen LogP contribution in [0.4, 0.5) is 0 Å². The highest BCUT2D eigenvalue weighted by Gasteiger charge is 2.07. The second kappa shape index (κ2) is 6.29. The summed E-state index contributed by atoms with van der Waals surface area (Å²) in [5.41, 5.74) is 7.69. The molecule has 5 heteroatoms. The molecule has 4 nitrogen and oxygen atoms in total. The lowest BCUT2D eigenvalue weighted by molar-refractivity contribution is 0.299. The molecule has 2 aromatic rings. The van der Waals surface area contributed by atoms with Crippen molar-refractivity contribution in [3.8, 4) is 5.75 Å².